The highest BCUT2D eigenvalue weighted by Crippen LogP contribution is 2.29. The van der Waals surface area contributed by atoms with E-state index in [1.165, 1.54) is 0 Å². The third kappa shape index (κ3) is 1.88. The lowest BCUT2D eigenvalue weighted by molar-refractivity contribution is 0.408. The summed E-state index contributed by atoms with van der Waals surface area (Å²) in [5.74, 6) is 0.592. The van der Waals surface area contributed by atoms with Crippen LogP contribution in [0.4, 0.5) is 0 Å². The number of benzene rings is 1. The van der Waals surface area contributed by atoms with Crippen LogP contribution in [-0.2, 0) is 6.42 Å². The van der Waals surface area contributed by atoms with Crippen molar-refractivity contribution in [3.63, 3.8) is 0 Å². The molecule has 2 rings (SSSR count). The number of methoxy groups -OCH3 is 1. The fourth-order valence-electron chi connectivity index (χ4n) is 1.46. The Morgan fingerprint density at radius 3 is 3.00 bits per heavy atom. The fraction of sp³-hybridized carbons (Fsp3) is 0.300. The summed E-state index contributed by atoms with van der Waals surface area (Å²) in [4.78, 5) is 10.8. The van der Waals surface area contributed by atoms with Gasteiger partial charge in [0.1, 0.15) is 0 Å². The number of rotatable bonds is 3. The summed E-state index contributed by atoms with van der Waals surface area (Å²) in [5, 5.41) is 0. The van der Waals surface area contributed by atoms with Crippen LogP contribution in [0.3, 0.4) is 0 Å². The number of hydrogen-bond donors (Lipinski definition) is 1. The summed E-state index contributed by atoms with van der Waals surface area (Å²) >= 11 is 1.08. The van der Waals surface area contributed by atoms with Gasteiger partial charge in [0.25, 0.3) is 0 Å². The van der Waals surface area contributed by atoms with Crippen LogP contribution in [0.25, 0.3) is 10.3 Å². The number of fused-ring (bicyclic) bond motifs is 1. The van der Waals surface area contributed by atoms with Gasteiger partial charge < -0.3 is 14.9 Å². The standard InChI is InChI=1S/C10H11NO3S/c1-13-7-4-6(2-3-11)5-8-9(7)14-10(12)15-8/h4-5H,2-3,11H2,1H3. The second kappa shape index (κ2) is 4.04. The minimum atomic E-state index is -0.312. The lowest BCUT2D eigenvalue weighted by atomic mass is 10.1. The molecule has 0 spiro atoms. The van der Waals surface area contributed by atoms with Crippen molar-refractivity contribution in [3.05, 3.63) is 27.4 Å². The van der Waals surface area contributed by atoms with Crippen LogP contribution >= 0.6 is 11.3 Å². The first-order chi connectivity index (χ1) is 7.24. The number of hydrogen-bond acceptors (Lipinski definition) is 5. The molecule has 1 aromatic heterocycles. The molecule has 2 aromatic rings. The van der Waals surface area contributed by atoms with E-state index in [0.29, 0.717) is 17.9 Å². The highest BCUT2D eigenvalue weighted by molar-refractivity contribution is 7.16. The Kier molecular flexibility index (Phi) is 2.75. The minimum absolute atomic E-state index is 0.312. The molecule has 1 aromatic carbocycles. The molecule has 5 heteroatoms. The molecule has 1 heterocycles. The van der Waals surface area contributed by atoms with Crippen LogP contribution in [0.1, 0.15) is 5.56 Å². The SMILES string of the molecule is COc1cc(CCN)cc2sc(=O)oc12. The molecular weight excluding hydrogens is 214 g/mol. The summed E-state index contributed by atoms with van der Waals surface area (Å²) < 4.78 is 11.0. The van der Waals surface area contributed by atoms with E-state index >= 15 is 0 Å². The molecule has 0 amide bonds. The van der Waals surface area contributed by atoms with E-state index < -0.39 is 0 Å². The van der Waals surface area contributed by atoms with Crippen LogP contribution in [0.15, 0.2) is 21.3 Å². The van der Waals surface area contributed by atoms with Gasteiger partial charge in [0, 0.05) is 0 Å². The maximum absolute atomic E-state index is 11.1. The first-order valence-corrected chi connectivity index (χ1v) is 5.37. The van der Waals surface area contributed by atoms with Gasteiger partial charge in [-0.3, -0.25) is 0 Å². The Labute approximate surface area is 90.3 Å². The Hall–Kier alpha value is -1.33. The van der Waals surface area contributed by atoms with Gasteiger partial charge in [-0.25, -0.2) is 4.79 Å². The van der Waals surface area contributed by atoms with E-state index in [1.54, 1.807) is 7.11 Å². The molecule has 0 radical (unpaired) electrons. The maximum Gasteiger partial charge on any atom is 0.396 e. The van der Waals surface area contributed by atoms with E-state index in [-0.39, 0.29) is 4.94 Å². The van der Waals surface area contributed by atoms with Crippen molar-refractivity contribution < 1.29 is 9.15 Å². The van der Waals surface area contributed by atoms with E-state index in [1.807, 2.05) is 12.1 Å². The van der Waals surface area contributed by atoms with Crippen molar-refractivity contribution in [1.82, 2.24) is 0 Å². The third-order valence-electron chi connectivity index (χ3n) is 2.11. The second-order valence-electron chi connectivity index (χ2n) is 3.12. The Morgan fingerprint density at radius 1 is 1.53 bits per heavy atom. The quantitative estimate of drug-likeness (QED) is 0.856. The first kappa shape index (κ1) is 10.2. The zero-order valence-corrected chi connectivity index (χ0v) is 9.10. The molecule has 2 N–H and O–H groups in total. The summed E-state index contributed by atoms with van der Waals surface area (Å²) in [6, 6.07) is 3.77. The van der Waals surface area contributed by atoms with E-state index in [0.717, 1.165) is 28.0 Å². The maximum atomic E-state index is 11.1. The highest BCUT2D eigenvalue weighted by atomic mass is 32.1. The molecule has 0 atom stereocenters. The Balaban J connectivity index is 2.65. The molecule has 0 saturated heterocycles. The van der Waals surface area contributed by atoms with Gasteiger partial charge in [0.05, 0.1) is 11.8 Å². The van der Waals surface area contributed by atoms with Crippen LogP contribution in [0.5, 0.6) is 5.75 Å². The minimum Gasteiger partial charge on any atom is -0.493 e. The highest BCUT2D eigenvalue weighted by Gasteiger charge is 2.10. The molecule has 0 aliphatic rings. The van der Waals surface area contributed by atoms with E-state index in [9.17, 15) is 4.79 Å². The lowest BCUT2D eigenvalue weighted by Gasteiger charge is -2.03. The first-order valence-electron chi connectivity index (χ1n) is 4.55. The van der Waals surface area contributed by atoms with Crippen LogP contribution < -0.4 is 15.4 Å². The van der Waals surface area contributed by atoms with Gasteiger partial charge in [-0.15, -0.1) is 0 Å². The van der Waals surface area contributed by atoms with Gasteiger partial charge in [0.15, 0.2) is 11.3 Å². The molecule has 4 nitrogen and oxygen atoms in total. The van der Waals surface area contributed by atoms with Crippen molar-refractivity contribution in [2.75, 3.05) is 13.7 Å². The third-order valence-corrected chi connectivity index (χ3v) is 2.89. The van der Waals surface area contributed by atoms with E-state index in [4.69, 9.17) is 14.9 Å². The smallest absolute Gasteiger partial charge is 0.396 e. The van der Waals surface area contributed by atoms with Crippen molar-refractivity contribution in [2.24, 2.45) is 5.73 Å². The Bertz CT molecular complexity index is 529. The molecule has 0 aliphatic heterocycles. The number of ether oxygens (including phenoxy) is 1. The predicted octanol–water partition coefficient (Wildman–Crippen LogP) is 1.36. The lowest BCUT2D eigenvalue weighted by Crippen LogP contribution is -2.02. The molecule has 0 unspecified atom stereocenters. The van der Waals surface area contributed by atoms with Crippen molar-refractivity contribution in [3.8, 4) is 5.75 Å². The number of nitrogens with two attached hydrogens (primary N) is 1. The van der Waals surface area contributed by atoms with Crippen molar-refractivity contribution in [1.29, 1.82) is 0 Å². The molecular formula is C10H11NO3S. The molecule has 0 fully saturated rings. The topological polar surface area (TPSA) is 65.5 Å². The zero-order valence-electron chi connectivity index (χ0n) is 8.28. The van der Waals surface area contributed by atoms with Crippen molar-refractivity contribution in [2.45, 2.75) is 6.42 Å². The summed E-state index contributed by atoms with van der Waals surface area (Å²) in [6.45, 7) is 0.571. The zero-order chi connectivity index (χ0) is 10.8. The van der Waals surface area contributed by atoms with Crippen LogP contribution in [0.2, 0.25) is 0 Å². The normalized spacial score (nSPS) is 10.8. The van der Waals surface area contributed by atoms with Gasteiger partial charge >= 0.3 is 4.94 Å². The molecule has 80 valence electrons. The van der Waals surface area contributed by atoms with Gasteiger partial charge in [-0.1, -0.05) is 11.3 Å². The van der Waals surface area contributed by atoms with Gasteiger partial charge in [-0.2, -0.15) is 0 Å². The largest absolute Gasteiger partial charge is 0.493 e. The molecule has 0 aliphatic carbocycles. The monoisotopic (exact) mass is 225 g/mol. The summed E-state index contributed by atoms with van der Waals surface area (Å²) in [6.07, 6.45) is 0.762. The molecule has 15 heavy (non-hydrogen) atoms. The van der Waals surface area contributed by atoms with Crippen molar-refractivity contribution >= 4 is 21.6 Å². The average Bonchev–Trinajstić information content (AvgIpc) is 2.57. The van der Waals surface area contributed by atoms with Gasteiger partial charge in [-0.05, 0) is 30.7 Å². The van der Waals surface area contributed by atoms with Crippen LogP contribution in [0, 0.1) is 0 Å². The average molecular weight is 225 g/mol. The summed E-state index contributed by atoms with van der Waals surface area (Å²) in [7, 11) is 1.55. The molecule has 0 bridgehead atoms. The Morgan fingerprint density at radius 2 is 2.33 bits per heavy atom. The van der Waals surface area contributed by atoms with Gasteiger partial charge in [0.2, 0.25) is 0 Å². The summed E-state index contributed by atoms with van der Waals surface area (Å²) in [5.41, 5.74) is 7.05. The second-order valence-corrected chi connectivity index (χ2v) is 4.10. The van der Waals surface area contributed by atoms with E-state index in [2.05, 4.69) is 0 Å². The predicted molar refractivity (Wildman–Crippen MR) is 59.7 cm³/mol. The van der Waals surface area contributed by atoms with Crippen LogP contribution in [-0.4, -0.2) is 13.7 Å². The fourth-order valence-corrected chi connectivity index (χ4v) is 2.21. The molecule has 0 saturated carbocycles.